The maximum atomic E-state index is 10.8. The Balaban J connectivity index is 2.32. The van der Waals surface area contributed by atoms with Crippen LogP contribution in [0.3, 0.4) is 0 Å². The lowest BCUT2D eigenvalue weighted by molar-refractivity contribution is -0.385. The molecule has 20 heavy (non-hydrogen) atoms. The van der Waals surface area contributed by atoms with Gasteiger partial charge in [0.2, 0.25) is 5.69 Å². The highest BCUT2D eigenvalue weighted by Crippen LogP contribution is 2.24. The van der Waals surface area contributed by atoms with Crippen molar-refractivity contribution in [2.24, 2.45) is 0 Å². The quantitative estimate of drug-likeness (QED) is 0.630. The number of nitriles is 1. The molecule has 106 valence electrons. The molecule has 1 fully saturated rings. The number of hydrogen-bond acceptors (Lipinski definition) is 7. The van der Waals surface area contributed by atoms with E-state index >= 15 is 0 Å². The van der Waals surface area contributed by atoms with Crippen molar-refractivity contribution >= 4 is 11.5 Å². The van der Waals surface area contributed by atoms with E-state index in [2.05, 4.69) is 4.98 Å². The molecule has 2 heterocycles. The van der Waals surface area contributed by atoms with Gasteiger partial charge in [0.05, 0.1) is 30.3 Å². The number of rotatable bonds is 3. The molecule has 0 aliphatic carbocycles. The van der Waals surface area contributed by atoms with E-state index in [1.807, 2.05) is 11.8 Å². The van der Waals surface area contributed by atoms with Crippen LogP contribution >= 0.6 is 0 Å². The SMILES string of the molecule is CC1COC(CO)CN1c1ccc([N+](=O)[O-])c(C#N)n1. The van der Waals surface area contributed by atoms with Crippen LogP contribution in [0, 0.1) is 21.4 Å². The molecule has 8 nitrogen and oxygen atoms in total. The summed E-state index contributed by atoms with van der Waals surface area (Å²) in [7, 11) is 0. The number of anilines is 1. The second kappa shape index (κ2) is 5.81. The van der Waals surface area contributed by atoms with Crippen molar-refractivity contribution < 1.29 is 14.8 Å². The molecular weight excluding hydrogens is 264 g/mol. The summed E-state index contributed by atoms with van der Waals surface area (Å²) < 4.78 is 5.42. The summed E-state index contributed by atoms with van der Waals surface area (Å²) in [5.41, 5.74) is -0.525. The zero-order valence-electron chi connectivity index (χ0n) is 10.9. The van der Waals surface area contributed by atoms with Crippen molar-refractivity contribution in [1.82, 2.24) is 4.98 Å². The summed E-state index contributed by atoms with van der Waals surface area (Å²) in [5.74, 6) is 0.474. The zero-order chi connectivity index (χ0) is 14.7. The molecule has 1 saturated heterocycles. The standard InChI is InChI=1S/C12H14N4O4/c1-8-7-20-9(6-17)5-15(8)12-3-2-11(16(18)19)10(4-13)14-12/h2-3,8-9,17H,5-7H2,1H3. The van der Waals surface area contributed by atoms with Crippen molar-refractivity contribution in [3.8, 4) is 6.07 Å². The molecule has 1 N–H and O–H groups in total. The third-order valence-electron chi connectivity index (χ3n) is 3.17. The summed E-state index contributed by atoms with van der Waals surface area (Å²) in [6.07, 6.45) is -0.325. The van der Waals surface area contributed by atoms with Gasteiger partial charge in [-0.3, -0.25) is 10.1 Å². The van der Waals surface area contributed by atoms with Crippen LogP contribution in [0.1, 0.15) is 12.6 Å². The fraction of sp³-hybridized carbons (Fsp3) is 0.500. The number of hydrogen-bond donors (Lipinski definition) is 1. The largest absolute Gasteiger partial charge is 0.394 e. The molecule has 2 rings (SSSR count). The van der Waals surface area contributed by atoms with Crippen molar-refractivity contribution in [3.05, 3.63) is 27.9 Å². The van der Waals surface area contributed by atoms with Gasteiger partial charge in [-0.25, -0.2) is 4.98 Å². The first kappa shape index (κ1) is 14.2. The number of ether oxygens (including phenoxy) is 1. The number of nitro groups is 1. The van der Waals surface area contributed by atoms with Crippen molar-refractivity contribution in [1.29, 1.82) is 5.26 Å². The minimum Gasteiger partial charge on any atom is -0.394 e. The Morgan fingerprint density at radius 3 is 3.05 bits per heavy atom. The van der Waals surface area contributed by atoms with Crippen LogP contribution in [0.25, 0.3) is 0 Å². The number of nitrogens with zero attached hydrogens (tertiary/aromatic N) is 4. The average molecular weight is 278 g/mol. The first-order valence-electron chi connectivity index (χ1n) is 6.11. The monoisotopic (exact) mass is 278 g/mol. The first-order valence-corrected chi connectivity index (χ1v) is 6.11. The summed E-state index contributed by atoms with van der Waals surface area (Å²) in [4.78, 5) is 16.1. The van der Waals surface area contributed by atoms with Gasteiger partial charge in [-0.1, -0.05) is 0 Å². The van der Waals surface area contributed by atoms with Crippen LogP contribution in [-0.4, -0.2) is 46.9 Å². The molecular formula is C12H14N4O4. The molecule has 0 radical (unpaired) electrons. The summed E-state index contributed by atoms with van der Waals surface area (Å²) in [5, 5.41) is 28.9. The number of aliphatic hydroxyl groups excluding tert-OH is 1. The van der Waals surface area contributed by atoms with E-state index in [1.54, 1.807) is 6.07 Å². The van der Waals surface area contributed by atoms with Gasteiger partial charge in [0, 0.05) is 12.6 Å². The highest BCUT2D eigenvalue weighted by atomic mass is 16.6. The predicted octanol–water partition coefficient (Wildman–Crippen LogP) is 0.447. The summed E-state index contributed by atoms with van der Waals surface area (Å²) >= 11 is 0. The highest BCUT2D eigenvalue weighted by molar-refractivity contribution is 5.52. The molecule has 8 heteroatoms. The van der Waals surface area contributed by atoms with E-state index < -0.39 is 4.92 Å². The summed E-state index contributed by atoms with van der Waals surface area (Å²) in [6, 6.07) is 4.53. The molecule has 1 aliphatic rings. The van der Waals surface area contributed by atoms with Gasteiger partial charge in [0.15, 0.2) is 0 Å². The Kier molecular flexibility index (Phi) is 4.12. The van der Waals surface area contributed by atoms with Crippen molar-refractivity contribution in [2.45, 2.75) is 19.1 Å². The number of aromatic nitrogens is 1. The minimum atomic E-state index is -0.630. The van der Waals surface area contributed by atoms with Crippen LogP contribution in [0.15, 0.2) is 12.1 Å². The van der Waals surface area contributed by atoms with Gasteiger partial charge in [-0.2, -0.15) is 5.26 Å². The predicted molar refractivity (Wildman–Crippen MR) is 69.2 cm³/mol. The van der Waals surface area contributed by atoms with Crippen LogP contribution in [0.2, 0.25) is 0 Å². The molecule has 2 atom stereocenters. The topological polar surface area (TPSA) is 113 Å². The third kappa shape index (κ3) is 2.68. The second-order valence-electron chi connectivity index (χ2n) is 4.55. The lowest BCUT2D eigenvalue weighted by Crippen LogP contribution is -2.50. The lowest BCUT2D eigenvalue weighted by atomic mass is 10.2. The fourth-order valence-electron chi connectivity index (χ4n) is 2.08. The molecule has 0 amide bonds. The van der Waals surface area contributed by atoms with Crippen LogP contribution < -0.4 is 4.90 Å². The van der Waals surface area contributed by atoms with Gasteiger partial charge in [0.25, 0.3) is 0 Å². The zero-order valence-corrected chi connectivity index (χ0v) is 10.9. The third-order valence-corrected chi connectivity index (χ3v) is 3.17. The highest BCUT2D eigenvalue weighted by Gasteiger charge is 2.28. The maximum absolute atomic E-state index is 10.8. The fourth-order valence-corrected chi connectivity index (χ4v) is 2.08. The Labute approximate surface area is 115 Å². The average Bonchev–Trinajstić information content (AvgIpc) is 2.47. The Morgan fingerprint density at radius 2 is 2.45 bits per heavy atom. The lowest BCUT2D eigenvalue weighted by Gasteiger charge is -2.38. The van der Waals surface area contributed by atoms with E-state index in [1.165, 1.54) is 12.1 Å². The van der Waals surface area contributed by atoms with Crippen molar-refractivity contribution in [3.63, 3.8) is 0 Å². The number of morpholine rings is 1. The number of pyridine rings is 1. The van der Waals surface area contributed by atoms with Gasteiger partial charge >= 0.3 is 5.69 Å². The molecule has 2 unspecified atom stereocenters. The molecule has 1 aromatic rings. The molecule has 1 aliphatic heterocycles. The Bertz CT molecular complexity index is 557. The van der Waals surface area contributed by atoms with E-state index in [9.17, 15) is 10.1 Å². The van der Waals surface area contributed by atoms with Gasteiger partial charge in [0.1, 0.15) is 11.9 Å². The molecule has 0 aromatic carbocycles. The van der Waals surface area contributed by atoms with Gasteiger partial charge in [-0.05, 0) is 13.0 Å². The van der Waals surface area contributed by atoms with Crippen molar-refractivity contribution in [2.75, 3.05) is 24.7 Å². The Morgan fingerprint density at radius 1 is 1.70 bits per heavy atom. The maximum Gasteiger partial charge on any atom is 0.305 e. The van der Waals surface area contributed by atoms with Crippen LogP contribution in [0.5, 0.6) is 0 Å². The van der Waals surface area contributed by atoms with Gasteiger partial charge < -0.3 is 14.7 Å². The van der Waals surface area contributed by atoms with E-state index in [0.717, 1.165) is 0 Å². The second-order valence-corrected chi connectivity index (χ2v) is 4.55. The molecule has 0 bridgehead atoms. The van der Waals surface area contributed by atoms with Crippen LogP contribution in [0.4, 0.5) is 11.5 Å². The van der Waals surface area contributed by atoms with E-state index in [4.69, 9.17) is 15.1 Å². The normalized spacial score (nSPS) is 22.4. The minimum absolute atomic E-state index is 0.0123. The molecule has 0 spiro atoms. The van der Waals surface area contributed by atoms with Gasteiger partial charge in [-0.15, -0.1) is 0 Å². The summed E-state index contributed by atoms with van der Waals surface area (Å²) in [6.45, 7) is 2.66. The van der Waals surface area contributed by atoms with E-state index in [0.29, 0.717) is 19.0 Å². The number of aliphatic hydroxyl groups is 1. The first-order chi connectivity index (χ1) is 9.56. The van der Waals surface area contributed by atoms with E-state index in [-0.39, 0.29) is 30.1 Å². The molecule has 0 saturated carbocycles. The Hall–Kier alpha value is -2.24. The van der Waals surface area contributed by atoms with Crippen LogP contribution in [-0.2, 0) is 4.74 Å². The molecule has 1 aromatic heterocycles. The smallest absolute Gasteiger partial charge is 0.305 e.